The molecule has 1 aromatic carbocycles. The monoisotopic (exact) mass is 604 g/mol. The summed E-state index contributed by atoms with van der Waals surface area (Å²) in [5, 5.41) is 0. The van der Waals surface area contributed by atoms with Gasteiger partial charge in [-0.15, -0.1) is 0 Å². The molecule has 0 bridgehead atoms. The van der Waals surface area contributed by atoms with Crippen LogP contribution in [0, 0.1) is 56.3 Å². The quantitative estimate of drug-likeness (QED) is 0.237. The molecular formula is C31H44Cl2SiZr. The molecule has 5 rings (SSSR count). The van der Waals surface area contributed by atoms with Gasteiger partial charge >= 0.3 is 37.9 Å². The van der Waals surface area contributed by atoms with Crippen molar-refractivity contribution in [2.24, 2.45) is 41.4 Å². The van der Waals surface area contributed by atoms with E-state index in [1.165, 1.54) is 0 Å². The second kappa shape index (κ2) is 13.1. The van der Waals surface area contributed by atoms with Gasteiger partial charge in [0.25, 0.3) is 0 Å². The predicted octanol–water partition coefficient (Wildman–Crippen LogP) is 10.1. The van der Waals surface area contributed by atoms with Gasteiger partial charge in [0, 0.05) is 0 Å². The Kier molecular flexibility index (Phi) is 11.6. The number of allylic oxidation sites excluding steroid dienone is 8. The molecule has 4 aliphatic rings. The maximum atomic E-state index is 4.93. The van der Waals surface area contributed by atoms with Crippen molar-refractivity contribution in [3.8, 4) is 0 Å². The van der Waals surface area contributed by atoms with E-state index >= 15 is 0 Å². The van der Waals surface area contributed by atoms with E-state index in [4.69, 9.17) is 17.0 Å². The fourth-order valence-corrected chi connectivity index (χ4v) is 15.1. The number of benzene rings is 1. The third-order valence-electron chi connectivity index (χ3n) is 9.67. The molecular weight excluding hydrogens is 563 g/mol. The summed E-state index contributed by atoms with van der Waals surface area (Å²) < 4.78 is 0. The molecule has 0 spiro atoms. The van der Waals surface area contributed by atoms with Crippen molar-refractivity contribution in [2.45, 2.75) is 50.9 Å². The van der Waals surface area contributed by atoms with E-state index in [9.17, 15) is 0 Å². The van der Waals surface area contributed by atoms with E-state index in [-0.39, 0.29) is 14.9 Å². The molecule has 0 saturated heterocycles. The Hall–Kier alpha value is -0.140. The minimum absolute atomic E-state index is 0. The Bertz CT molecular complexity index is 897. The fraction of sp³-hybridized carbons (Fsp3) is 0.484. The van der Waals surface area contributed by atoms with Crippen LogP contribution in [0.2, 0.25) is 24.2 Å². The Morgan fingerprint density at radius 3 is 1.49 bits per heavy atom. The van der Waals surface area contributed by atoms with Crippen molar-refractivity contribution >= 4 is 25.1 Å². The van der Waals surface area contributed by atoms with E-state index in [0.29, 0.717) is 23.7 Å². The average molecular weight is 607 g/mol. The molecule has 4 aliphatic carbocycles. The van der Waals surface area contributed by atoms with Crippen LogP contribution >= 0.6 is 17.0 Å². The molecule has 35 heavy (non-hydrogen) atoms. The summed E-state index contributed by atoms with van der Waals surface area (Å²) in [5.74, 6) is 5.88. The molecule has 1 aromatic rings. The second-order valence-electron chi connectivity index (χ2n) is 11.3. The van der Waals surface area contributed by atoms with Gasteiger partial charge in [0.05, 0.1) is 8.07 Å². The summed E-state index contributed by atoms with van der Waals surface area (Å²) >= 11 is -0.826. The van der Waals surface area contributed by atoms with Crippen molar-refractivity contribution in [1.82, 2.24) is 0 Å². The summed E-state index contributed by atoms with van der Waals surface area (Å²) in [7, 11) is 8.27. The summed E-state index contributed by atoms with van der Waals surface area (Å²) in [4.78, 5) is 0. The van der Waals surface area contributed by atoms with Crippen LogP contribution in [0.4, 0.5) is 0 Å². The first-order valence-corrected chi connectivity index (χ1v) is 22.0. The van der Waals surface area contributed by atoms with Gasteiger partial charge in [0.1, 0.15) is 0 Å². The molecule has 0 heterocycles. The van der Waals surface area contributed by atoms with Gasteiger partial charge in [0.2, 0.25) is 0 Å². The zero-order valence-corrected chi connectivity index (χ0v) is 27.5. The van der Waals surface area contributed by atoms with Crippen LogP contribution in [0.5, 0.6) is 0 Å². The van der Waals surface area contributed by atoms with Gasteiger partial charge in [0.15, 0.2) is 0 Å². The Balaban J connectivity index is 0.000000823. The van der Waals surface area contributed by atoms with Crippen molar-refractivity contribution in [3.63, 3.8) is 0 Å². The van der Waals surface area contributed by atoms with Gasteiger partial charge in [-0.05, 0) is 64.0 Å². The number of halogens is 2. The zero-order valence-electron chi connectivity index (χ0n) is 22.5. The van der Waals surface area contributed by atoms with Gasteiger partial charge < -0.3 is 14.9 Å². The first-order valence-electron chi connectivity index (χ1n) is 12.6. The van der Waals surface area contributed by atoms with Gasteiger partial charge in [-0.1, -0.05) is 113 Å². The number of fused-ring (bicyclic) bond motifs is 2. The molecule has 2 saturated carbocycles. The fourth-order valence-electron chi connectivity index (χ4n) is 8.71. The SMILES string of the molecule is CC1C2C=CC=CC2C([Si](C)(C)C2C(C)C3C=CC=CC3C2C)C1c1ccccc1.[CH3-].[CH3-].[Cl][Zr+2][Cl]. The molecule has 2 fully saturated rings. The second-order valence-corrected chi connectivity index (χ2v) is 20.0. The van der Waals surface area contributed by atoms with E-state index in [1.54, 1.807) is 5.56 Å². The van der Waals surface area contributed by atoms with Crippen LogP contribution in [0.1, 0.15) is 32.3 Å². The molecule has 4 heteroatoms. The van der Waals surface area contributed by atoms with E-state index in [0.717, 1.165) is 34.8 Å². The van der Waals surface area contributed by atoms with Crippen LogP contribution in [0.15, 0.2) is 78.9 Å². The maximum absolute atomic E-state index is 4.93. The molecule has 190 valence electrons. The first kappa shape index (κ1) is 31.1. The standard InChI is InChI=1S/C29H38Si.2CH3.2ClH.Zr/c1-19-23-15-11-12-18-26(23)29(27(19)22-13-7-6-8-14-22)30(4,5)28-20(2)24-16-9-10-17-25(24)21(28)3;;;;;/h6-21,23-29H,1-5H3;2*1H3;2*1H;/q;2*-1;;;+4/p-2. The molecule has 0 amide bonds. The van der Waals surface area contributed by atoms with Gasteiger partial charge in [-0.2, -0.15) is 0 Å². The topological polar surface area (TPSA) is 0 Å². The van der Waals surface area contributed by atoms with Crippen LogP contribution in [-0.4, -0.2) is 8.07 Å². The average Bonchev–Trinajstić information content (AvgIpc) is 3.27. The predicted molar refractivity (Wildman–Crippen MR) is 157 cm³/mol. The summed E-state index contributed by atoms with van der Waals surface area (Å²) in [6.07, 6.45) is 19.4. The van der Waals surface area contributed by atoms with Crippen molar-refractivity contribution in [3.05, 3.63) is 99.4 Å². The summed E-state index contributed by atoms with van der Waals surface area (Å²) in [6, 6.07) is 11.5. The van der Waals surface area contributed by atoms with E-state index in [1.807, 2.05) is 0 Å². The van der Waals surface area contributed by atoms with E-state index < -0.39 is 28.9 Å². The normalized spacial score (nSPS) is 38.3. The molecule has 0 aromatic heterocycles. The molecule has 9 unspecified atom stereocenters. The summed E-state index contributed by atoms with van der Waals surface area (Å²) in [6.45, 7) is 13.2. The number of hydrogen-bond donors (Lipinski definition) is 0. The molecule has 0 nitrogen and oxygen atoms in total. The summed E-state index contributed by atoms with van der Waals surface area (Å²) in [5.41, 5.74) is 3.27. The minimum atomic E-state index is -1.60. The molecule has 0 aliphatic heterocycles. The van der Waals surface area contributed by atoms with Crippen molar-refractivity contribution < 1.29 is 20.8 Å². The van der Waals surface area contributed by atoms with Crippen LogP contribution in [0.3, 0.4) is 0 Å². The molecule has 9 atom stereocenters. The number of hydrogen-bond acceptors (Lipinski definition) is 0. The van der Waals surface area contributed by atoms with Crippen molar-refractivity contribution in [1.29, 1.82) is 0 Å². The molecule has 0 N–H and O–H groups in total. The number of rotatable bonds is 3. The van der Waals surface area contributed by atoms with Gasteiger partial charge in [-0.25, -0.2) is 0 Å². The molecule has 0 radical (unpaired) electrons. The Morgan fingerprint density at radius 2 is 1.03 bits per heavy atom. The Morgan fingerprint density at radius 1 is 0.629 bits per heavy atom. The van der Waals surface area contributed by atoms with Crippen LogP contribution in [0.25, 0.3) is 0 Å². The van der Waals surface area contributed by atoms with Gasteiger partial charge in [-0.3, -0.25) is 0 Å². The third-order valence-corrected chi connectivity index (χ3v) is 14.9. The Labute approximate surface area is 236 Å². The van der Waals surface area contributed by atoms with Crippen LogP contribution < -0.4 is 0 Å². The third kappa shape index (κ3) is 5.67. The van der Waals surface area contributed by atoms with E-state index in [2.05, 4.69) is 113 Å². The first-order chi connectivity index (χ1) is 15.8. The van der Waals surface area contributed by atoms with Crippen molar-refractivity contribution in [2.75, 3.05) is 0 Å². The zero-order chi connectivity index (χ0) is 23.8. The van der Waals surface area contributed by atoms with Crippen LogP contribution in [-0.2, 0) is 20.8 Å².